The van der Waals surface area contributed by atoms with Crippen molar-refractivity contribution >= 4 is 23.4 Å². The van der Waals surface area contributed by atoms with Gasteiger partial charge in [-0.15, -0.1) is 0 Å². The molecule has 0 aromatic heterocycles. The van der Waals surface area contributed by atoms with Crippen molar-refractivity contribution in [1.82, 2.24) is 10.2 Å². The van der Waals surface area contributed by atoms with E-state index in [0.717, 1.165) is 22.4 Å². The fourth-order valence-electron chi connectivity index (χ4n) is 6.07. The zero-order chi connectivity index (χ0) is 24.2. The highest BCUT2D eigenvalue weighted by Crippen LogP contribution is 2.55. The molecule has 3 amide bonds. The maximum absolute atomic E-state index is 14.2. The molecule has 3 aliphatic heterocycles. The van der Waals surface area contributed by atoms with E-state index in [1.165, 1.54) is 4.90 Å². The fraction of sp³-hybridized carbons (Fsp3) is 0.393. The number of benzene rings is 2. The van der Waals surface area contributed by atoms with E-state index in [1.807, 2.05) is 61.5 Å². The molecule has 2 aromatic carbocycles. The van der Waals surface area contributed by atoms with Gasteiger partial charge in [0.05, 0.1) is 18.4 Å². The highest BCUT2D eigenvalue weighted by atomic mass is 16.2. The van der Waals surface area contributed by atoms with Crippen LogP contribution in [0, 0.1) is 17.8 Å². The van der Waals surface area contributed by atoms with Crippen LogP contribution in [0.3, 0.4) is 0 Å². The first-order valence-electron chi connectivity index (χ1n) is 12.0. The highest BCUT2D eigenvalue weighted by Gasteiger charge is 2.71. The number of para-hydroxylation sites is 1. The summed E-state index contributed by atoms with van der Waals surface area (Å²) in [7, 11) is 0. The van der Waals surface area contributed by atoms with E-state index in [0.29, 0.717) is 18.9 Å². The summed E-state index contributed by atoms with van der Waals surface area (Å²) in [5, 5.41) is 3.56. The van der Waals surface area contributed by atoms with Gasteiger partial charge in [-0.1, -0.05) is 74.5 Å². The number of hydrogen-bond donors (Lipinski definition) is 1. The van der Waals surface area contributed by atoms with Crippen LogP contribution in [-0.4, -0.2) is 35.2 Å². The minimum absolute atomic E-state index is 0.166. The van der Waals surface area contributed by atoms with E-state index in [2.05, 4.69) is 25.7 Å². The van der Waals surface area contributed by atoms with Crippen molar-refractivity contribution in [2.45, 2.75) is 45.3 Å². The lowest BCUT2D eigenvalue weighted by molar-refractivity contribution is -0.143. The van der Waals surface area contributed by atoms with Gasteiger partial charge in [0, 0.05) is 23.8 Å². The average molecular weight is 458 g/mol. The van der Waals surface area contributed by atoms with Gasteiger partial charge in [0.25, 0.3) is 5.91 Å². The van der Waals surface area contributed by atoms with Crippen molar-refractivity contribution in [1.29, 1.82) is 0 Å². The Morgan fingerprint density at radius 2 is 1.68 bits per heavy atom. The summed E-state index contributed by atoms with van der Waals surface area (Å²) in [6.07, 6.45) is 0.705. The number of carbonyl (C=O) groups excluding carboxylic acids is 3. The number of carbonyl (C=O) groups is 3. The topological polar surface area (TPSA) is 69.7 Å². The molecule has 0 saturated carbocycles. The van der Waals surface area contributed by atoms with Gasteiger partial charge < -0.3 is 4.90 Å². The lowest BCUT2D eigenvalue weighted by Gasteiger charge is -2.31. The molecule has 0 radical (unpaired) electrons. The van der Waals surface area contributed by atoms with Crippen LogP contribution in [0.15, 0.2) is 66.7 Å². The SMILES string of the molecule is C=C(C)CN1C(=O)C2(NC(CC(C)C)C3C(=O)N(Cc4ccccc4)C(=O)C32)c2ccccc21. The molecule has 4 unspecified atom stereocenters. The van der Waals surface area contributed by atoms with Crippen LogP contribution in [0.5, 0.6) is 0 Å². The van der Waals surface area contributed by atoms with Gasteiger partial charge in [-0.05, 0) is 30.9 Å². The first-order chi connectivity index (χ1) is 16.3. The molecule has 1 spiro atoms. The summed E-state index contributed by atoms with van der Waals surface area (Å²) in [6.45, 7) is 10.7. The lowest BCUT2D eigenvalue weighted by atomic mass is 9.76. The standard InChI is InChI=1S/C28H31N3O3/c1-17(2)14-21-23-24(26(33)31(25(23)32)16-19-10-6-5-7-11-19)28(29-21)20-12-8-9-13-22(20)30(27(28)34)15-18(3)4/h5-13,17,21,23-24,29H,3,14-16H2,1-2,4H3. The zero-order valence-electron chi connectivity index (χ0n) is 20.0. The second-order valence-electron chi connectivity index (χ2n) is 10.3. The molecule has 1 N–H and O–H groups in total. The summed E-state index contributed by atoms with van der Waals surface area (Å²) in [5.41, 5.74) is 2.08. The zero-order valence-corrected chi connectivity index (χ0v) is 20.0. The Morgan fingerprint density at radius 1 is 1.00 bits per heavy atom. The van der Waals surface area contributed by atoms with Crippen molar-refractivity contribution < 1.29 is 14.4 Å². The summed E-state index contributed by atoms with van der Waals surface area (Å²) < 4.78 is 0. The largest absolute Gasteiger partial charge is 0.306 e. The van der Waals surface area contributed by atoms with Crippen molar-refractivity contribution in [2.24, 2.45) is 17.8 Å². The maximum Gasteiger partial charge on any atom is 0.253 e. The van der Waals surface area contributed by atoms with Gasteiger partial charge in [-0.3, -0.25) is 24.6 Å². The van der Waals surface area contributed by atoms with Gasteiger partial charge in [-0.2, -0.15) is 0 Å². The van der Waals surface area contributed by atoms with Crippen LogP contribution in [0.25, 0.3) is 0 Å². The highest BCUT2D eigenvalue weighted by molar-refractivity contribution is 6.16. The molecular weight excluding hydrogens is 426 g/mol. The number of nitrogens with one attached hydrogen (secondary N) is 1. The smallest absolute Gasteiger partial charge is 0.253 e. The maximum atomic E-state index is 14.2. The molecule has 6 heteroatoms. The predicted molar refractivity (Wildman–Crippen MR) is 131 cm³/mol. The number of likely N-dealkylation sites (tertiary alicyclic amines) is 1. The summed E-state index contributed by atoms with van der Waals surface area (Å²) in [5.74, 6) is -1.65. The third-order valence-corrected chi connectivity index (χ3v) is 7.29. The van der Waals surface area contributed by atoms with Crippen molar-refractivity contribution in [3.8, 4) is 0 Å². The summed E-state index contributed by atoms with van der Waals surface area (Å²) in [4.78, 5) is 44.9. The van der Waals surface area contributed by atoms with Crippen molar-refractivity contribution in [3.05, 3.63) is 77.9 Å². The Labute approximate surface area is 200 Å². The molecule has 0 bridgehead atoms. The second-order valence-corrected chi connectivity index (χ2v) is 10.3. The Morgan fingerprint density at radius 3 is 2.35 bits per heavy atom. The van der Waals surface area contributed by atoms with E-state index in [9.17, 15) is 14.4 Å². The summed E-state index contributed by atoms with van der Waals surface area (Å²) >= 11 is 0. The van der Waals surface area contributed by atoms with Gasteiger partial charge in [0.1, 0.15) is 5.54 Å². The molecule has 4 atom stereocenters. The molecule has 176 valence electrons. The molecule has 0 aliphatic carbocycles. The van der Waals surface area contributed by atoms with E-state index in [1.54, 1.807) is 4.90 Å². The Bertz CT molecular complexity index is 1170. The Kier molecular flexibility index (Phi) is 5.44. The minimum Gasteiger partial charge on any atom is -0.306 e. The molecule has 3 aliphatic rings. The lowest BCUT2D eigenvalue weighted by Crippen LogP contribution is -2.55. The van der Waals surface area contributed by atoms with E-state index in [4.69, 9.17) is 0 Å². The Balaban J connectivity index is 1.62. The first-order valence-corrected chi connectivity index (χ1v) is 12.0. The first kappa shape index (κ1) is 22.5. The van der Waals surface area contributed by atoms with E-state index < -0.39 is 17.4 Å². The van der Waals surface area contributed by atoms with Crippen LogP contribution < -0.4 is 10.2 Å². The van der Waals surface area contributed by atoms with Crippen LogP contribution in [0.4, 0.5) is 5.69 Å². The number of fused-ring (bicyclic) bond motifs is 4. The quantitative estimate of drug-likeness (QED) is 0.531. The number of hydrogen-bond acceptors (Lipinski definition) is 4. The van der Waals surface area contributed by atoms with Gasteiger partial charge in [0.2, 0.25) is 11.8 Å². The number of imide groups is 1. The molecule has 2 fully saturated rings. The molecule has 6 nitrogen and oxygen atoms in total. The van der Waals surface area contributed by atoms with Crippen LogP contribution >= 0.6 is 0 Å². The van der Waals surface area contributed by atoms with Crippen molar-refractivity contribution in [3.63, 3.8) is 0 Å². The number of rotatable bonds is 6. The monoisotopic (exact) mass is 457 g/mol. The fourth-order valence-corrected chi connectivity index (χ4v) is 6.07. The number of anilines is 1. The minimum atomic E-state index is -1.24. The second kappa shape index (κ2) is 8.20. The van der Waals surface area contributed by atoms with Crippen LogP contribution in [0.1, 0.15) is 38.3 Å². The average Bonchev–Trinajstić information content (AvgIpc) is 3.34. The third kappa shape index (κ3) is 3.23. The van der Waals surface area contributed by atoms with Gasteiger partial charge in [-0.25, -0.2) is 0 Å². The van der Waals surface area contributed by atoms with Gasteiger partial charge >= 0.3 is 0 Å². The van der Waals surface area contributed by atoms with E-state index in [-0.39, 0.29) is 30.3 Å². The molecule has 2 aromatic rings. The molecule has 34 heavy (non-hydrogen) atoms. The molecule has 3 heterocycles. The molecule has 5 rings (SSSR count). The Hall–Kier alpha value is -3.25. The third-order valence-electron chi connectivity index (χ3n) is 7.29. The predicted octanol–water partition coefficient (Wildman–Crippen LogP) is 3.62. The number of nitrogens with zero attached hydrogens (tertiary/aromatic N) is 2. The molecular formula is C28H31N3O3. The van der Waals surface area contributed by atoms with Gasteiger partial charge in [0.15, 0.2) is 0 Å². The van der Waals surface area contributed by atoms with Crippen molar-refractivity contribution in [2.75, 3.05) is 11.4 Å². The van der Waals surface area contributed by atoms with Crippen LogP contribution in [0.2, 0.25) is 0 Å². The number of amides is 3. The van der Waals surface area contributed by atoms with E-state index >= 15 is 0 Å². The normalized spacial score (nSPS) is 27.8. The van der Waals surface area contributed by atoms with Crippen LogP contribution in [-0.2, 0) is 26.5 Å². The summed E-state index contributed by atoms with van der Waals surface area (Å²) in [6, 6.07) is 16.9. The molecule has 2 saturated heterocycles.